The lowest BCUT2D eigenvalue weighted by Gasteiger charge is -2.27. The molecule has 28 heavy (non-hydrogen) atoms. The van der Waals surface area contributed by atoms with Crippen molar-refractivity contribution >= 4 is 33.7 Å². The van der Waals surface area contributed by atoms with Gasteiger partial charge in [0.05, 0.1) is 0 Å². The fourth-order valence-electron chi connectivity index (χ4n) is 3.21. The molecule has 0 saturated carbocycles. The van der Waals surface area contributed by atoms with E-state index in [-0.39, 0.29) is 11.5 Å². The minimum Gasteiger partial charge on any atom is -0.354 e. The average molecular weight is 398 g/mol. The number of fused-ring (bicyclic) bond motifs is 1. The molecule has 4 rings (SSSR count). The number of hydrogen-bond acceptors (Lipinski definition) is 7. The lowest BCUT2D eigenvalue weighted by Crippen LogP contribution is -2.44. The minimum atomic E-state index is -0.186. The Morgan fingerprint density at radius 3 is 2.86 bits per heavy atom. The average Bonchev–Trinajstić information content (AvgIpc) is 3.14. The van der Waals surface area contributed by atoms with Crippen LogP contribution in [0.4, 0.5) is 11.5 Å². The van der Waals surface area contributed by atoms with E-state index < -0.39 is 0 Å². The molecular weight excluding hydrogens is 376 g/mol. The lowest BCUT2D eigenvalue weighted by atomic mass is 10.1. The van der Waals surface area contributed by atoms with E-state index in [4.69, 9.17) is 0 Å². The van der Waals surface area contributed by atoms with Crippen LogP contribution in [0.5, 0.6) is 0 Å². The maximum atomic E-state index is 12.6. The molecule has 1 amide bonds. The van der Waals surface area contributed by atoms with Crippen molar-refractivity contribution in [2.24, 2.45) is 0 Å². The highest BCUT2D eigenvalue weighted by Gasteiger charge is 2.17. The normalized spacial score (nSPS) is 14.4. The first kappa shape index (κ1) is 18.6. The number of carbonyl (C=O) groups is 1. The van der Waals surface area contributed by atoms with Crippen molar-refractivity contribution in [3.05, 3.63) is 40.2 Å². The van der Waals surface area contributed by atoms with Crippen molar-refractivity contribution in [1.82, 2.24) is 19.9 Å². The van der Waals surface area contributed by atoms with E-state index in [2.05, 4.69) is 25.6 Å². The number of piperazine rings is 1. The largest absolute Gasteiger partial charge is 0.354 e. The summed E-state index contributed by atoms with van der Waals surface area (Å²) in [6.45, 7) is 7.17. The number of rotatable bonds is 4. The zero-order valence-electron chi connectivity index (χ0n) is 15.9. The Morgan fingerprint density at radius 2 is 2.11 bits per heavy atom. The maximum Gasteiger partial charge on any atom is 0.277 e. The predicted molar refractivity (Wildman–Crippen MR) is 111 cm³/mol. The van der Waals surface area contributed by atoms with Gasteiger partial charge in [0.1, 0.15) is 10.8 Å². The molecule has 0 aliphatic carbocycles. The molecule has 146 valence electrons. The summed E-state index contributed by atoms with van der Waals surface area (Å²) >= 11 is 1.38. The van der Waals surface area contributed by atoms with Gasteiger partial charge in [0.25, 0.3) is 5.56 Å². The van der Waals surface area contributed by atoms with Gasteiger partial charge in [-0.3, -0.25) is 9.59 Å². The molecule has 3 heterocycles. The Morgan fingerprint density at radius 1 is 1.32 bits per heavy atom. The molecule has 1 saturated heterocycles. The number of aromatic nitrogens is 3. The van der Waals surface area contributed by atoms with E-state index in [1.165, 1.54) is 15.9 Å². The molecule has 0 bridgehead atoms. The second kappa shape index (κ2) is 7.69. The molecule has 2 N–H and O–H groups in total. The second-order valence-electron chi connectivity index (χ2n) is 6.67. The summed E-state index contributed by atoms with van der Waals surface area (Å²) < 4.78 is 1.35. The van der Waals surface area contributed by atoms with Crippen molar-refractivity contribution in [3.63, 3.8) is 0 Å². The standard InChI is InChI=1S/C19H22N6O2S/c1-3-16(26)21-14-6-4-5-13(12(14)2)18-23-25-17(27)11-15(22-19(25)28-18)24-9-7-20-8-10-24/h4-6,11,20H,3,7-10H2,1-2H3,(H,21,26). The lowest BCUT2D eigenvalue weighted by molar-refractivity contribution is -0.115. The molecule has 0 atom stereocenters. The molecule has 2 aromatic heterocycles. The van der Waals surface area contributed by atoms with E-state index in [0.29, 0.717) is 22.2 Å². The van der Waals surface area contributed by atoms with E-state index in [1.807, 2.05) is 32.0 Å². The Balaban J connectivity index is 1.74. The Hall–Kier alpha value is -2.78. The van der Waals surface area contributed by atoms with Crippen LogP contribution in [0.1, 0.15) is 18.9 Å². The third kappa shape index (κ3) is 3.50. The predicted octanol–water partition coefficient (Wildman–Crippen LogP) is 1.88. The van der Waals surface area contributed by atoms with Gasteiger partial charge in [0, 0.05) is 49.9 Å². The van der Waals surface area contributed by atoms with E-state index in [9.17, 15) is 9.59 Å². The summed E-state index contributed by atoms with van der Waals surface area (Å²) in [7, 11) is 0. The Labute approximate surface area is 166 Å². The van der Waals surface area contributed by atoms with Crippen molar-refractivity contribution in [1.29, 1.82) is 0 Å². The Kier molecular flexibility index (Phi) is 5.10. The number of carbonyl (C=O) groups excluding carboxylic acids is 1. The molecule has 3 aromatic rings. The van der Waals surface area contributed by atoms with Gasteiger partial charge in [-0.1, -0.05) is 30.4 Å². The summed E-state index contributed by atoms with van der Waals surface area (Å²) in [4.78, 5) is 31.7. The molecular formula is C19H22N6O2S. The van der Waals surface area contributed by atoms with Crippen LogP contribution >= 0.6 is 11.3 Å². The summed E-state index contributed by atoms with van der Waals surface area (Å²) in [6.07, 6.45) is 0.416. The topological polar surface area (TPSA) is 91.6 Å². The molecule has 1 fully saturated rings. The van der Waals surface area contributed by atoms with E-state index in [1.54, 1.807) is 6.07 Å². The summed E-state index contributed by atoms with van der Waals surface area (Å²) in [5.41, 5.74) is 2.37. The highest BCUT2D eigenvalue weighted by Crippen LogP contribution is 2.31. The van der Waals surface area contributed by atoms with Gasteiger partial charge in [0.15, 0.2) is 0 Å². The van der Waals surface area contributed by atoms with Crippen LogP contribution in [0.25, 0.3) is 15.5 Å². The van der Waals surface area contributed by atoms with Crippen LogP contribution in [0, 0.1) is 6.92 Å². The molecule has 1 aliphatic heterocycles. The van der Waals surface area contributed by atoms with Crippen LogP contribution in [-0.2, 0) is 4.79 Å². The molecule has 9 heteroatoms. The molecule has 1 aliphatic rings. The first-order chi connectivity index (χ1) is 13.6. The van der Waals surface area contributed by atoms with Crippen molar-refractivity contribution in [2.45, 2.75) is 20.3 Å². The van der Waals surface area contributed by atoms with Crippen LogP contribution in [0.2, 0.25) is 0 Å². The summed E-state index contributed by atoms with van der Waals surface area (Å²) in [5, 5.41) is 11.4. The third-order valence-electron chi connectivity index (χ3n) is 4.83. The number of anilines is 2. The van der Waals surface area contributed by atoms with Crippen molar-refractivity contribution < 1.29 is 4.79 Å². The fraction of sp³-hybridized carbons (Fsp3) is 0.368. The van der Waals surface area contributed by atoms with Gasteiger partial charge in [0.2, 0.25) is 10.9 Å². The molecule has 0 radical (unpaired) electrons. The van der Waals surface area contributed by atoms with Gasteiger partial charge < -0.3 is 15.5 Å². The molecule has 0 unspecified atom stereocenters. The second-order valence-corrected chi connectivity index (χ2v) is 7.63. The first-order valence-corrected chi connectivity index (χ1v) is 10.1. The summed E-state index contributed by atoms with van der Waals surface area (Å²) in [6, 6.07) is 7.23. The SMILES string of the molecule is CCC(=O)Nc1cccc(-c2nn3c(=O)cc(N4CCNCC4)nc3s2)c1C. The fourth-order valence-corrected chi connectivity index (χ4v) is 4.19. The van der Waals surface area contributed by atoms with Crippen LogP contribution in [-0.4, -0.2) is 46.7 Å². The van der Waals surface area contributed by atoms with Gasteiger partial charge in [-0.15, -0.1) is 0 Å². The number of benzene rings is 1. The highest BCUT2D eigenvalue weighted by atomic mass is 32.1. The van der Waals surface area contributed by atoms with Crippen LogP contribution in [0.3, 0.4) is 0 Å². The highest BCUT2D eigenvalue weighted by molar-refractivity contribution is 7.19. The van der Waals surface area contributed by atoms with Gasteiger partial charge in [-0.2, -0.15) is 9.61 Å². The zero-order valence-corrected chi connectivity index (χ0v) is 16.7. The van der Waals surface area contributed by atoms with Gasteiger partial charge in [-0.25, -0.2) is 4.98 Å². The molecule has 0 spiro atoms. The van der Waals surface area contributed by atoms with Crippen molar-refractivity contribution in [3.8, 4) is 10.6 Å². The van der Waals surface area contributed by atoms with Gasteiger partial charge >= 0.3 is 0 Å². The first-order valence-electron chi connectivity index (χ1n) is 9.33. The Bertz CT molecular complexity index is 1080. The minimum absolute atomic E-state index is 0.0388. The van der Waals surface area contributed by atoms with Crippen molar-refractivity contribution in [2.75, 3.05) is 36.4 Å². The van der Waals surface area contributed by atoms with E-state index in [0.717, 1.165) is 43.0 Å². The quantitative estimate of drug-likeness (QED) is 0.697. The summed E-state index contributed by atoms with van der Waals surface area (Å²) in [5.74, 6) is 0.658. The van der Waals surface area contributed by atoms with Crippen LogP contribution < -0.4 is 21.1 Å². The smallest absolute Gasteiger partial charge is 0.277 e. The maximum absolute atomic E-state index is 12.6. The monoisotopic (exact) mass is 398 g/mol. The number of amides is 1. The van der Waals surface area contributed by atoms with Crippen LogP contribution in [0.15, 0.2) is 29.1 Å². The third-order valence-corrected chi connectivity index (χ3v) is 5.77. The van der Waals surface area contributed by atoms with E-state index >= 15 is 0 Å². The zero-order chi connectivity index (χ0) is 19.7. The molecule has 8 nitrogen and oxygen atoms in total. The number of hydrogen-bond donors (Lipinski definition) is 2. The number of nitrogens with zero attached hydrogens (tertiary/aromatic N) is 4. The molecule has 1 aromatic carbocycles. The number of nitrogens with one attached hydrogen (secondary N) is 2. The van der Waals surface area contributed by atoms with Gasteiger partial charge in [-0.05, 0) is 18.6 Å².